The molecule has 4 aromatic rings. The van der Waals surface area contributed by atoms with E-state index in [0.717, 1.165) is 4.88 Å². The van der Waals surface area contributed by atoms with Crippen molar-refractivity contribution in [3.8, 4) is 6.01 Å². The van der Waals surface area contributed by atoms with Gasteiger partial charge in [0.1, 0.15) is 11.2 Å². The van der Waals surface area contributed by atoms with Crippen LogP contribution in [0, 0.1) is 0 Å². The Kier molecular flexibility index (Phi) is 6.15. The van der Waals surface area contributed by atoms with E-state index in [-0.39, 0.29) is 33.8 Å². The zero-order chi connectivity index (χ0) is 22.7. The second kappa shape index (κ2) is 9.16. The molecule has 0 bridgehead atoms. The number of carbonyl (C=O) groups is 2. The summed E-state index contributed by atoms with van der Waals surface area (Å²) in [5.74, 6) is -1.01. The fourth-order valence-electron chi connectivity index (χ4n) is 2.88. The molecular weight excluding hydrogens is 454 g/mol. The fourth-order valence-corrected chi connectivity index (χ4v) is 3.69. The third kappa shape index (κ3) is 4.61. The maximum atomic E-state index is 12.8. The molecule has 4 rings (SSSR count). The molecule has 0 aliphatic carbocycles. The van der Waals surface area contributed by atoms with Crippen LogP contribution in [0.3, 0.4) is 0 Å². The van der Waals surface area contributed by atoms with Crippen molar-refractivity contribution in [2.24, 2.45) is 0 Å². The highest BCUT2D eigenvalue weighted by Gasteiger charge is 2.16. The number of fused-ring (bicyclic) bond motifs is 1. The first-order valence-electron chi connectivity index (χ1n) is 9.30. The lowest BCUT2D eigenvalue weighted by molar-refractivity contribution is 0.0950. The SMILES string of the molecule is COc1ncc2cc(C(=O)Nc3cc(C(=O)NCc4cccs4)ccc3Cl)c(=O)[nH]c2n1. The van der Waals surface area contributed by atoms with Gasteiger partial charge < -0.3 is 20.4 Å². The van der Waals surface area contributed by atoms with E-state index in [1.165, 1.54) is 42.8 Å². The molecule has 0 spiro atoms. The number of pyridine rings is 1. The molecule has 3 heterocycles. The van der Waals surface area contributed by atoms with E-state index >= 15 is 0 Å². The Hall–Kier alpha value is -3.76. The number of aromatic nitrogens is 3. The van der Waals surface area contributed by atoms with Gasteiger partial charge in [0.05, 0.1) is 24.4 Å². The number of nitrogens with zero attached hydrogens (tertiary/aromatic N) is 2. The fraction of sp³-hybridized carbons (Fsp3) is 0.0952. The normalized spacial score (nSPS) is 10.7. The second-order valence-electron chi connectivity index (χ2n) is 6.58. The summed E-state index contributed by atoms with van der Waals surface area (Å²) in [5, 5.41) is 7.99. The number of ether oxygens (including phenoxy) is 1. The summed E-state index contributed by atoms with van der Waals surface area (Å²) in [4.78, 5) is 49.2. The maximum absolute atomic E-state index is 12.8. The van der Waals surface area contributed by atoms with Crippen molar-refractivity contribution in [3.63, 3.8) is 0 Å². The summed E-state index contributed by atoms with van der Waals surface area (Å²) in [6.07, 6.45) is 1.43. The van der Waals surface area contributed by atoms with Crippen LogP contribution in [0.25, 0.3) is 11.0 Å². The van der Waals surface area contributed by atoms with Crippen LogP contribution >= 0.6 is 22.9 Å². The Bertz CT molecular complexity index is 1370. The number of methoxy groups -OCH3 is 1. The number of anilines is 1. The van der Waals surface area contributed by atoms with Gasteiger partial charge in [-0.3, -0.25) is 14.4 Å². The van der Waals surface area contributed by atoms with Gasteiger partial charge in [-0.2, -0.15) is 4.98 Å². The number of nitrogens with one attached hydrogen (secondary N) is 3. The summed E-state index contributed by atoms with van der Waals surface area (Å²) in [5.41, 5.74) is -0.0486. The number of amides is 2. The molecule has 0 radical (unpaired) electrons. The standard InChI is InChI=1S/C21H16ClN5O4S/c1-31-21-24-9-12-7-14(20(30)26-17(12)27-21)19(29)25-16-8-11(4-5-15(16)22)18(28)23-10-13-3-2-6-32-13/h2-9H,10H2,1H3,(H,23,28)(H,25,29)(H,24,26,27,30). The first-order valence-corrected chi connectivity index (χ1v) is 10.6. The predicted octanol–water partition coefficient (Wildman–Crippen LogP) is 3.22. The zero-order valence-electron chi connectivity index (χ0n) is 16.6. The second-order valence-corrected chi connectivity index (χ2v) is 8.02. The van der Waals surface area contributed by atoms with Crippen molar-refractivity contribution in [2.45, 2.75) is 6.54 Å². The molecule has 162 valence electrons. The number of thiophene rings is 1. The molecule has 0 unspecified atom stereocenters. The van der Waals surface area contributed by atoms with Gasteiger partial charge in [0, 0.05) is 22.0 Å². The van der Waals surface area contributed by atoms with Gasteiger partial charge in [0.2, 0.25) is 0 Å². The molecule has 0 saturated heterocycles. The van der Waals surface area contributed by atoms with Crippen molar-refractivity contribution in [2.75, 3.05) is 12.4 Å². The van der Waals surface area contributed by atoms with Crippen molar-refractivity contribution >= 4 is 51.5 Å². The summed E-state index contributed by atoms with van der Waals surface area (Å²) in [6.45, 7) is 0.389. The van der Waals surface area contributed by atoms with Crippen LogP contribution in [0.2, 0.25) is 5.02 Å². The topological polar surface area (TPSA) is 126 Å². The van der Waals surface area contributed by atoms with Crippen LogP contribution < -0.4 is 20.9 Å². The molecule has 0 saturated carbocycles. The Morgan fingerprint density at radius 2 is 2.06 bits per heavy atom. The molecule has 9 nitrogen and oxygen atoms in total. The van der Waals surface area contributed by atoms with Crippen molar-refractivity contribution < 1.29 is 14.3 Å². The van der Waals surface area contributed by atoms with Gasteiger partial charge in [0.25, 0.3) is 17.4 Å². The third-order valence-corrected chi connectivity index (χ3v) is 5.68. The number of hydrogen-bond donors (Lipinski definition) is 3. The van der Waals surface area contributed by atoms with Gasteiger partial charge >= 0.3 is 6.01 Å². The van der Waals surface area contributed by atoms with Gasteiger partial charge in [-0.25, -0.2) is 4.98 Å². The smallest absolute Gasteiger partial charge is 0.318 e. The van der Waals surface area contributed by atoms with E-state index in [1.807, 2.05) is 17.5 Å². The summed E-state index contributed by atoms with van der Waals surface area (Å²) in [7, 11) is 1.40. The lowest BCUT2D eigenvalue weighted by Gasteiger charge is -2.10. The lowest BCUT2D eigenvalue weighted by atomic mass is 10.1. The number of hydrogen-bond acceptors (Lipinski definition) is 7. The lowest BCUT2D eigenvalue weighted by Crippen LogP contribution is -2.24. The van der Waals surface area contributed by atoms with E-state index in [9.17, 15) is 14.4 Å². The van der Waals surface area contributed by atoms with Crippen LogP contribution in [0.4, 0.5) is 5.69 Å². The first-order chi connectivity index (χ1) is 15.4. The largest absolute Gasteiger partial charge is 0.467 e. The van der Waals surface area contributed by atoms with Gasteiger partial charge in [-0.15, -0.1) is 11.3 Å². The molecule has 11 heteroatoms. The number of benzene rings is 1. The third-order valence-electron chi connectivity index (χ3n) is 4.48. The number of carbonyl (C=O) groups excluding carboxylic acids is 2. The van der Waals surface area contributed by atoms with Gasteiger partial charge in [-0.1, -0.05) is 17.7 Å². The molecule has 0 fully saturated rings. The molecular formula is C21H16ClN5O4S. The Morgan fingerprint density at radius 3 is 2.81 bits per heavy atom. The minimum absolute atomic E-state index is 0.0892. The Balaban J connectivity index is 1.55. The van der Waals surface area contributed by atoms with Crippen LogP contribution in [-0.4, -0.2) is 33.9 Å². The van der Waals surface area contributed by atoms with Gasteiger partial charge in [-0.05, 0) is 35.7 Å². The number of halogens is 1. The Labute approximate surface area is 190 Å². The van der Waals surface area contributed by atoms with E-state index in [2.05, 4.69) is 25.6 Å². The zero-order valence-corrected chi connectivity index (χ0v) is 18.2. The van der Waals surface area contributed by atoms with Crippen LogP contribution in [-0.2, 0) is 6.54 Å². The monoisotopic (exact) mass is 469 g/mol. The summed E-state index contributed by atoms with van der Waals surface area (Å²) in [6, 6.07) is 9.78. The first kappa shape index (κ1) is 21.5. The maximum Gasteiger partial charge on any atom is 0.318 e. The van der Waals surface area contributed by atoms with Crippen LogP contribution in [0.15, 0.2) is 52.8 Å². The van der Waals surface area contributed by atoms with Crippen LogP contribution in [0.1, 0.15) is 25.6 Å². The van der Waals surface area contributed by atoms with Crippen molar-refractivity contribution in [1.29, 1.82) is 0 Å². The molecule has 0 aliphatic rings. The minimum atomic E-state index is -0.693. The van der Waals surface area contributed by atoms with Crippen molar-refractivity contribution in [1.82, 2.24) is 20.3 Å². The predicted molar refractivity (Wildman–Crippen MR) is 122 cm³/mol. The highest BCUT2D eigenvalue weighted by molar-refractivity contribution is 7.09. The molecule has 3 aromatic heterocycles. The van der Waals surface area contributed by atoms with E-state index in [0.29, 0.717) is 17.5 Å². The van der Waals surface area contributed by atoms with E-state index in [4.69, 9.17) is 16.3 Å². The van der Waals surface area contributed by atoms with E-state index < -0.39 is 11.5 Å². The highest BCUT2D eigenvalue weighted by Crippen LogP contribution is 2.24. The van der Waals surface area contributed by atoms with Gasteiger partial charge in [0.15, 0.2) is 0 Å². The molecule has 0 atom stereocenters. The molecule has 2 amide bonds. The van der Waals surface area contributed by atoms with E-state index in [1.54, 1.807) is 6.07 Å². The summed E-state index contributed by atoms with van der Waals surface area (Å²) < 4.78 is 4.93. The number of aromatic amines is 1. The molecule has 32 heavy (non-hydrogen) atoms. The van der Waals surface area contributed by atoms with Crippen LogP contribution in [0.5, 0.6) is 6.01 Å². The minimum Gasteiger partial charge on any atom is -0.467 e. The summed E-state index contributed by atoms with van der Waals surface area (Å²) >= 11 is 7.73. The molecule has 3 N–H and O–H groups in total. The number of H-pyrrole nitrogens is 1. The highest BCUT2D eigenvalue weighted by atomic mass is 35.5. The average Bonchev–Trinajstić information content (AvgIpc) is 3.31. The average molecular weight is 470 g/mol. The number of rotatable bonds is 6. The molecule has 1 aromatic carbocycles. The quantitative estimate of drug-likeness (QED) is 0.398. The Morgan fingerprint density at radius 1 is 1.22 bits per heavy atom. The molecule has 0 aliphatic heterocycles. The van der Waals surface area contributed by atoms with Crippen molar-refractivity contribution in [3.05, 3.63) is 79.4 Å².